The predicted molar refractivity (Wildman–Crippen MR) is 94.0 cm³/mol. The molecule has 0 saturated carbocycles. The molecule has 0 aliphatic carbocycles. The molecule has 0 radical (unpaired) electrons. The average molecular weight is 315 g/mol. The second-order valence-corrected chi connectivity index (χ2v) is 7.26. The molecule has 22 heavy (non-hydrogen) atoms. The van der Waals surface area contributed by atoms with Crippen molar-refractivity contribution in [1.82, 2.24) is 9.88 Å². The Balaban J connectivity index is 1.72. The minimum absolute atomic E-state index is 0.232. The summed E-state index contributed by atoms with van der Waals surface area (Å²) in [6, 6.07) is 9.34. The summed E-state index contributed by atoms with van der Waals surface area (Å²) in [7, 11) is 0. The molecule has 2 unspecified atom stereocenters. The van der Waals surface area contributed by atoms with Gasteiger partial charge in [0.2, 0.25) is 0 Å². The Hall–Kier alpha value is -1.23. The van der Waals surface area contributed by atoms with Gasteiger partial charge >= 0.3 is 0 Å². The average Bonchev–Trinajstić information content (AvgIpc) is 2.97. The first-order valence-corrected chi connectivity index (χ1v) is 9.02. The largest absolute Gasteiger partial charge is 0.327 e. The van der Waals surface area contributed by atoms with Crippen LogP contribution in [0.2, 0.25) is 0 Å². The first-order valence-electron chi connectivity index (χ1n) is 8.14. The summed E-state index contributed by atoms with van der Waals surface area (Å²) in [5, 5.41) is 3.31. The number of hydrogen-bond donors (Lipinski definition) is 1. The van der Waals surface area contributed by atoms with Crippen molar-refractivity contribution < 1.29 is 0 Å². The Morgan fingerprint density at radius 2 is 2.09 bits per heavy atom. The van der Waals surface area contributed by atoms with E-state index in [1.54, 1.807) is 11.3 Å². The van der Waals surface area contributed by atoms with Crippen molar-refractivity contribution in [3.05, 3.63) is 40.9 Å². The Kier molecular flexibility index (Phi) is 4.91. The molecule has 1 aliphatic rings. The minimum Gasteiger partial charge on any atom is -0.327 e. The molecule has 0 spiro atoms. The lowest BCUT2D eigenvalue weighted by atomic mass is 9.97. The topological polar surface area (TPSA) is 42.2 Å². The van der Waals surface area contributed by atoms with Crippen LogP contribution in [-0.2, 0) is 6.54 Å². The Morgan fingerprint density at radius 1 is 1.32 bits per heavy atom. The first-order chi connectivity index (χ1) is 10.6. The number of nitrogens with two attached hydrogens (primary N) is 1. The quantitative estimate of drug-likeness (QED) is 0.932. The molecule has 1 aromatic carbocycles. The summed E-state index contributed by atoms with van der Waals surface area (Å²) in [5.74, 6) is 0. The van der Waals surface area contributed by atoms with Crippen LogP contribution in [0.3, 0.4) is 0 Å². The fourth-order valence-electron chi connectivity index (χ4n) is 3.22. The van der Waals surface area contributed by atoms with E-state index in [9.17, 15) is 0 Å². The highest BCUT2D eigenvalue weighted by molar-refractivity contribution is 7.13. The number of nitrogens with zero attached hydrogens (tertiary/aromatic N) is 2. The Bertz CT molecular complexity index is 603. The van der Waals surface area contributed by atoms with E-state index in [-0.39, 0.29) is 6.04 Å². The normalized spacial score (nSPS) is 21.0. The monoisotopic (exact) mass is 315 g/mol. The third-order valence-corrected chi connectivity index (χ3v) is 5.43. The summed E-state index contributed by atoms with van der Waals surface area (Å²) in [6.45, 7) is 6.31. The zero-order valence-corrected chi connectivity index (χ0v) is 14.3. The molecule has 1 fully saturated rings. The summed E-state index contributed by atoms with van der Waals surface area (Å²) >= 11 is 1.74. The number of piperidine rings is 1. The van der Waals surface area contributed by atoms with E-state index in [1.807, 2.05) is 0 Å². The number of aryl methyl sites for hydroxylation is 1. The van der Waals surface area contributed by atoms with Crippen molar-refractivity contribution >= 4 is 11.3 Å². The van der Waals surface area contributed by atoms with Gasteiger partial charge in [0.25, 0.3) is 0 Å². The van der Waals surface area contributed by atoms with Crippen LogP contribution in [0, 0.1) is 6.92 Å². The molecular weight excluding hydrogens is 290 g/mol. The fourth-order valence-corrected chi connectivity index (χ4v) is 4.04. The van der Waals surface area contributed by atoms with Crippen molar-refractivity contribution in [2.24, 2.45) is 5.73 Å². The van der Waals surface area contributed by atoms with E-state index in [2.05, 4.69) is 48.4 Å². The van der Waals surface area contributed by atoms with Crippen LogP contribution in [0.15, 0.2) is 29.6 Å². The summed E-state index contributed by atoms with van der Waals surface area (Å²) in [4.78, 5) is 7.35. The van der Waals surface area contributed by atoms with E-state index in [0.29, 0.717) is 6.04 Å². The molecular formula is C18H25N3S. The highest BCUT2D eigenvalue weighted by Crippen LogP contribution is 2.26. The van der Waals surface area contributed by atoms with Gasteiger partial charge in [-0.2, -0.15) is 0 Å². The number of aromatic nitrogens is 1. The molecule has 2 atom stereocenters. The van der Waals surface area contributed by atoms with Gasteiger partial charge in [0.1, 0.15) is 5.01 Å². The zero-order valence-electron chi connectivity index (χ0n) is 13.5. The highest BCUT2D eigenvalue weighted by atomic mass is 32.1. The third-order valence-electron chi connectivity index (χ3n) is 4.49. The summed E-state index contributed by atoms with van der Waals surface area (Å²) in [6.07, 6.45) is 3.79. The lowest BCUT2D eigenvalue weighted by Gasteiger charge is -2.37. The van der Waals surface area contributed by atoms with E-state index in [0.717, 1.165) is 18.1 Å². The summed E-state index contributed by atoms with van der Waals surface area (Å²) < 4.78 is 0. The van der Waals surface area contributed by atoms with Crippen LogP contribution in [-0.4, -0.2) is 28.5 Å². The smallest absolute Gasteiger partial charge is 0.123 e. The SMILES string of the molecule is Cc1ccc(-c2nc(CN3CCCCC3C(C)N)cs2)cc1. The van der Waals surface area contributed by atoms with Crippen LogP contribution < -0.4 is 5.73 Å². The molecule has 118 valence electrons. The lowest BCUT2D eigenvalue weighted by molar-refractivity contribution is 0.122. The van der Waals surface area contributed by atoms with Crippen LogP contribution in [0.4, 0.5) is 0 Å². The van der Waals surface area contributed by atoms with Gasteiger partial charge in [0, 0.05) is 29.6 Å². The highest BCUT2D eigenvalue weighted by Gasteiger charge is 2.25. The molecule has 1 aliphatic heterocycles. The Labute approximate surface area is 137 Å². The van der Waals surface area contributed by atoms with E-state index in [4.69, 9.17) is 10.7 Å². The number of thiazole rings is 1. The van der Waals surface area contributed by atoms with Gasteiger partial charge in [-0.25, -0.2) is 4.98 Å². The van der Waals surface area contributed by atoms with Gasteiger partial charge in [-0.15, -0.1) is 11.3 Å². The fraction of sp³-hybridized carbons (Fsp3) is 0.500. The number of hydrogen-bond acceptors (Lipinski definition) is 4. The maximum Gasteiger partial charge on any atom is 0.123 e. The second kappa shape index (κ2) is 6.90. The lowest BCUT2D eigenvalue weighted by Crippen LogP contribution is -2.48. The van der Waals surface area contributed by atoms with Gasteiger partial charge < -0.3 is 5.73 Å². The predicted octanol–water partition coefficient (Wildman–Crippen LogP) is 3.82. The molecule has 1 aromatic heterocycles. The summed E-state index contributed by atoms with van der Waals surface area (Å²) in [5.41, 5.74) is 9.83. The minimum atomic E-state index is 0.232. The van der Waals surface area contributed by atoms with E-state index >= 15 is 0 Å². The van der Waals surface area contributed by atoms with Gasteiger partial charge in [-0.1, -0.05) is 36.2 Å². The van der Waals surface area contributed by atoms with Gasteiger partial charge in [-0.05, 0) is 33.2 Å². The van der Waals surface area contributed by atoms with Gasteiger partial charge in [-0.3, -0.25) is 4.90 Å². The van der Waals surface area contributed by atoms with Crippen molar-refractivity contribution in [3.63, 3.8) is 0 Å². The molecule has 3 nitrogen and oxygen atoms in total. The third kappa shape index (κ3) is 3.57. The van der Waals surface area contributed by atoms with Gasteiger partial charge in [0.15, 0.2) is 0 Å². The van der Waals surface area contributed by atoms with Crippen LogP contribution in [0.25, 0.3) is 10.6 Å². The van der Waals surface area contributed by atoms with Crippen molar-refractivity contribution in [1.29, 1.82) is 0 Å². The van der Waals surface area contributed by atoms with Crippen LogP contribution in [0.5, 0.6) is 0 Å². The number of benzene rings is 1. The maximum absolute atomic E-state index is 6.16. The van der Waals surface area contributed by atoms with Crippen LogP contribution >= 0.6 is 11.3 Å². The molecule has 2 aromatic rings. The van der Waals surface area contributed by atoms with E-state index < -0.39 is 0 Å². The molecule has 2 heterocycles. The molecule has 0 amide bonds. The van der Waals surface area contributed by atoms with E-state index in [1.165, 1.54) is 36.1 Å². The number of rotatable bonds is 4. The van der Waals surface area contributed by atoms with Crippen molar-refractivity contribution in [2.45, 2.75) is 51.7 Å². The Morgan fingerprint density at radius 3 is 2.82 bits per heavy atom. The molecule has 4 heteroatoms. The van der Waals surface area contributed by atoms with Gasteiger partial charge in [0.05, 0.1) is 5.69 Å². The second-order valence-electron chi connectivity index (χ2n) is 6.40. The van der Waals surface area contributed by atoms with Crippen LogP contribution in [0.1, 0.15) is 37.4 Å². The first kappa shape index (κ1) is 15.7. The van der Waals surface area contributed by atoms with Crippen molar-refractivity contribution in [2.75, 3.05) is 6.54 Å². The maximum atomic E-state index is 6.16. The molecule has 0 bridgehead atoms. The van der Waals surface area contributed by atoms with Crippen molar-refractivity contribution in [3.8, 4) is 10.6 Å². The standard InChI is InChI=1S/C18H25N3S/c1-13-6-8-15(9-7-13)18-20-16(12-22-18)11-21-10-4-3-5-17(21)14(2)19/h6-9,12,14,17H,3-5,10-11,19H2,1-2H3. The zero-order chi connectivity index (χ0) is 15.5. The molecule has 3 rings (SSSR count). The number of likely N-dealkylation sites (tertiary alicyclic amines) is 1. The molecule has 2 N–H and O–H groups in total. The molecule has 1 saturated heterocycles.